The number of nitrogens with zero attached hydrogens (tertiary/aromatic N) is 2. The summed E-state index contributed by atoms with van der Waals surface area (Å²) in [5.74, 6) is -1.20. The molecule has 6 nitrogen and oxygen atoms in total. The molecule has 0 bridgehead atoms. The molecule has 0 radical (unpaired) electrons. The van der Waals surface area contributed by atoms with Crippen molar-refractivity contribution in [2.24, 2.45) is 0 Å². The number of unbranched alkanes of at least 4 members (excludes halogenated alkanes) is 1. The molecule has 0 unspecified atom stereocenters. The molecule has 0 saturated carbocycles. The summed E-state index contributed by atoms with van der Waals surface area (Å²) < 4.78 is 0. The van der Waals surface area contributed by atoms with Gasteiger partial charge in [-0.25, -0.2) is 4.79 Å². The van der Waals surface area contributed by atoms with Crippen molar-refractivity contribution in [1.82, 2.24) is 14.9 Å². The molecule has 0 aliphatic rings. The van der Waals surface area contributed by atoms with E-state index < -0.39 is 5.97 Å². The Morgan fingerprint density at radius 1 is 1.33 bits per heavy atom. The van der Waals surface area contributed by atoms with Crippen LogP contribution in [0.3, 0.4) is 0 Å². The van der Waals surface area contributed by atoms with Crippen LogP contribution in [0.4, 0.5) is 0 Å². The number of aryl methyl sites for hydroxylation is 1. The Labute approximate surface area is 141 Å². The van der Waals surface area contributed by atoms with Gasteiger partial charge >= 0.3 is 5.97 Å². The van der Waals surface area contributed by atoms with Gasteiger partial charge in [0.15, 0.2) is 0 Å². The van der Waals surface area contributed by atoms with Crippen molar-refractivity contribution in [3.8, 4) is 0 Å². The zero-order valence-electron chi connectivity index (χ0n) is 14.3. The molecule has 128 valence electrons. The Balaban J connectivity index is 2.32. The fourth-order valence-electron chi connectivity index (χ4n) is 2.76. The van der Waals surface area contributed by atoms with E-state index in [4.69, 9.17) is 0 Å². The third-order valence-corrected chi connectivity index (χ3v) is 4.03. The van der Waals surface area contributed by atoms with E-state index in [0.29, 0.717) is 29.9 Å². The summed E-state index contributed by atoms with van der Waals surface area (Å²) in [7, 11) is 0. The molecule has 0 spiro atoms. The highest BCUT2D eigenvalue weighted by molar-refractivity contribution is 6.00. The highest BCUT2D eigenvalue weighted by Gasteiger charge is 2.25. The Kier molecular flexibility index (Phi) is 5.73. The Morgan fingerprint density at radius 3 is 2.62 bits per heavy atom. The van der Waals surface area contributed by atoms with Crippen LogP contribution in [0.15, 0.2) is 24.5 Å². The van der Waals surface area contributed by atoms with Crippen LogP contribution in [0.2, 0.25) is 0 Å². The van der Waals surface area contributed by atoms with E-state index in [2.05, 4.69) is 16.9 Å². The number of amides is 1. The molecule has 2 heterocycles. The van der Waals surface area contributed by atoms with Gasteiger partial charge in [0.1, 0.15) is 5.69 Å². The highest BCUT2D eigenvalue weighted by Crippen LogP contribution is 2.21. The van der Waals surface area contributed by atoms with Crippen LogP contribution in [-0.2, 0) is 6.54 Å². The molecule has 0 aliphatic heterocycles. The molecule has 1 amide bonds. The van der Waals surface area contributed by atoms with E-state index in [1.54, 1.807) is 31.1 Å². The molecular weight excluding hydrogens is 306 g/mol. The van der Waals surface area contributed by atoms with Crippen LogP contribution in [-0.4, -0.2) is 38.4 Å². The van der Waals surface area contributed by atoms with Crippen molar-refractivity contribution in [3.63, 3.8) is 0 Å². The predicted molar refractivity (Wildman–Crippen MR) is 91.1 cm³/mol. The monoisotopic (exact) mass is 329 g/mol. The number of rotatable bonds is 7. The molecule has 0 atom stereocenters. The highest BCUT2D eigenvalue weighted by atomic mass is 16.4. The van der Waals surface area contributed by atoms with E-state index in [9.17, 15) is 14.7 Å². The molecule has 6 heteroatoms. The fraction of sp³-hybridized carbons (Fsp3) is 0.389. The Morgan fingerprint density at radius 2 is 2.08 bits per heavy atom. The number of hydrogen-bond donors (Lipinski definition) is 2. The lowest BCUT2D eigenvalue weighted by atomic mass is 10.1. The van der Waals surface area contributed by atoms with Gasteiger partial charge in [0.2, 0.25) is 0 Å². The molecule has 2 aromatic rings. The van der Waals surface area contributed by atoms with Crippen molar-refractivity contribution in [1.29, 1.82) is 0 Å². The summed E-state index contributed by atoms with van der Waals surface area (Å²) in [6.07, 6.45) is 5.30. The first-order chi connectivity index (χ1) is 11.5. The lowest BCUT2D eigenvalue weighted by Gasteiger charge is -2.23. The zero-order valence-corrected chi connectivity index (χ0v) is 14.3. The van der Waals surface area contributed by atoms with Crippen molar-refractivity contribution in [2.45, 2.75) is 40.2 Å². The molecule has 0 saturated heterocycles. The van der Waals surface area contributed by atoms with Crippen LogP contribution in [0, 0.1) is 13.8 Å². The number of carbonyl (C=O) groups excluding carboxylic acids is 1. The number of carboxylic acid groups (broad SMARTS) is 1. The normalized spacial score (nSPS) is 10.6. The summed E-state index contributed by atoms with van der Waals surface area (Å²) in [4.78, 5) is 33.0. The standard InChI is InChI=1S/C18H23N3O3/c1-4-5-9-21(11-14-7-6-8-19-10-14)17(22)15-12(2)16(18(23)24)20-13(15)3/h6-8,10,20H,4-5,9,11H2,1-3H3,(H,23,24). The predicted octanol–water partition coefficient (Wildman–Crippen LogP) is 3.17. The molecule has 0 aromatic carbocycles. The van der Waals surface area contributed by atoms with E-state index in [-0.39, 0.29) is 11.6 Å². The van der Waals surface area contributed by atoms with Crippen molar-refractivity contribution >= 4 is 11.9 Å². The van der Waals surface area contributed by atoms with Crippen LogP contribution in [0.1, 0.15) is 57.4 Å². The number of nitrogens with one attached hydrogen (secondary N) is 1. The van der Waals surface area contributed by atoms with Crippen molar-refractivity contribution < 1.29 is 14.7 Å². The van der Waals surface area contributed by atoms with Crippen LogP contribution >= 0.6 is 0 Å². The average molecular weight is 329 g/mol. The van der Waals surface area contributed by atoms with Crippen LogP contribution < -0.4 is 0 Å². The van der Waals surface area contributed by atoms with Gasteiger partial charge in [-0.2, -0.15) is 0 Å². The molecule has 24 heavy (non-hydrogen) atoms. The number of aromatic nitrogens is 2. The number of pyridine rings is 1. The minimum atomic E-state index is -1.05. The van der Waals surface area contributed by atoms with Gasteiger partial charge in [0.05, 0.1) is 5.56 Å². The van der Waals surface area contributed by atoms with Gasteiger partial charge in [-0.3, -0.25) is 9.78 Å². The maximum atomic E-state index is 13.0. The molecule has 0 aliphatic carbocycles. The maximum Gasteiger partial charge on any atom is 0.352 e. The lowest BCUT2D eigenvalue weighted by molar-refractivity contribution is 0.0690. The minimum Gasteiger partial charge on any atom is -0.477 e. The largest absolute Gasteiger partial charge is 0.477 e. The minimum absolute atomic E-state index is 0.0765. The quantitative estimate of drug-likeness (QED) is 0.817. The first-order valence-electron chi connectivity index (χ1n) is 8.06. The van der Waals surface area contributed by atoms with Gasteiger partial charge in [0, 0.05) is 31.2 Å². The number of aromatic amines is 1. The van der Waals surface area contributed by atoms with Crippen LogP contribution in [0.25, 0.3) is 0 Å². The lowest BCUT2D eigenvalue weighted by Crippen LogP contribution is -2.32. The average Bonchev–Trinajstić information content (AvgIpc) is 2.86. The summed E-state index contributed by atoms with van der Waals surface area (Å²) in [5.41, 5.74) is 2.55. The van der Waals surface area contributed by atoms with Gasteiger partial charge < -0.3 is 15.0 Å². The molecule has 2 N–H and O–H groups in total. The molecule has 0 fully saturated rings. The van der Waals surface area contributed by atoms with E-state index in [1.807, 2.05) is 12.1 Å². The van der Waals surface area contributed by atoms with Gasteiger partial charge in [-0.1, -0.05) is 19.4 Å². The molecule has 2 aromatic heterocycles. The Hall–Kier alpha value is -2.63. The smallest absolute Gasteiger partial charge is 0.352 e. The summed E-state index contributed by atoms with van der Waals surface area (Å²) in [6, 6.07) is 3.77. The topological polar surface area (TPSA) is 86.3 Å². The van der Waals surface area contributed by atoms with Crippen LogP contribution in [0.5, 0.6) is 0 Å². The first kappa shape index (κ1) is 17.7. The van der Waals surface area contributed by atoms with E-state index in [0.717, 1.165) is 18.4 Å². The third kappa shape index (κ3) is 3.82. The van der Waals surface area contributed by atoms with Crippen molar-refractivity contribution in [3.05, 3.63) is 52.6 Å². The SMILES string of the molecule is CCCCN(Cc1cccnc1)C(=O)c1c(C)[nH]c(C(=O)O)c1C. The van der Waals surface area contributed by atoms with Gasteiger partial charge in [-0.15, -0.1) is 0 Å². The summed E-state index contributed by atoms with van der Waals surface area (Å²) in [6.45, 7) is 6.55. The Bertz CT molecular complexity index is 723. The van der Waals surface area contributed by atoms with E-state index in [1.165, 1.54) is 0 Å². The summed E-state index contributed by atoms with van der Waals surface area (Å²) in [5, 5.41) is 9.24. The second kappa shape index (κ2) is 7.77. The second-order valence-corrected chi connectivity index (χ2v) is 5.87. The number of carbonyl (C=O) groups is 2. The third-order valence-electron chi connectivity index (χ3n) is 4.03. The van der Waals surface area contributed by atoms with Crippen molar-refractivity contribution in [2.75, 3.05) is 6.54 Å². The number of hydrogen-bond acceptors (Lipinski definition) is 3. The van der Waals surface area contributed by atoms with E-state index >= 15 is 0 Å². The molecular formula is C18H23N3O3. The fourth-order valence-corrected chi connectivity index (χ4v) is 2.76. The number of aromatic carboxylic acids is 1. The van der Waals surface area contributed by atoms with Gasteiger partial charge in [-0.05, 0) is 37.5 Å². The zero-order chi connectivity index (χ0) is 17.7. The number of H-pyrrole nitrogens is 1. The number of carboxylic acids is 1. The first-order valence-corrected chi connectivity index (χ1v) is 8.06. The molecule has 2 rings (SSSR count). The summed E-state index contributed by atoms with van der Waals surface area (Å²) >= 11 is 0. The van der Waals surface area contributed by atoms with Gasteiger partial charge in [0.25, 0.3) is 5.91 Å². The maximum absolute atomic E-state index is 13.0. The second-order valence-electron chi connectivity index (χ2n) is 5.87.